The van der Waals surface area contributed by atoms with Gasteiger partial charge in [-0.1, -0.05) is 13.0 Å². The third-order valence-corrected chi connectivity index (χ3v) is 4.29. The molecule has 3 heteroatoms. The number of nitrogens with one attached hydrogen (secondary N) is 1. The van der Waals surface area contributed by atoms with Crippen LogP contribution >= 0.6 is 0 Å². The fraction of sp³-hybridized carbons (Fsp3) is 0.571. The maximum atomic E-state index is 5.93. The molecule has 1 fully saturated rings. The van der Waals surface area contributed by atoms with Crippen LogP contribution in [-0.4, -0.2) is 25.8 Å². The molecule has 2 heterocycles. The van der Waals surface area contributed by atoms with Crippen molar-refractivity contribution in [2.45, 2.75) is 25.3 Å². The van der Waals surface area contributed by atoms with Crippen molar-refractivity contribution in [1.29, 1.82) is 0 Å². The molecule has 1 N–H and O–H groups in total. The van der Waals surface area contributed by atoms with Gasteiger partial charge in [0.15, 0.2) is 0 Å². The molecule has 92 valence electrons. The minimum atomic E-state index is 0.113. The molecule has 0 radical (unpaired) electrons. The van der Waals surface area contributed by atoms with E-state index < -0.39 is 0 Å². The van der Waals surface area contributed by atoms with Gasteiger partial charge in [0, 0.05) is 12.0 Å². The third kappa shape index (κ3) is 1.61. The fourth-order valence-corrected chi connectivity index (χ4v) is 3.04. The number of benzene rings is 1. The van der Waals surface area contributed by atoms with E-state index in [1.54, 1.807) is 7.11 Å². The van der Waals surface area contributed by atoms with Gasteiger partial charge in [-0.05, 0) is 31.0 Å². The molecule has 3 rings (SSSR count). The van der Waals surface area contributed by atoms with Crippen molar-refractivity contribution in [1.82, 2.24) is 5.32 Å². The summed E-state index contributed by atoms with van der Waals surface area (Å²) in [6.07, 6.45) is 2.24. The van der Waals surface area contributed by atoms with Crippen LogP contribution in [-0.2, 0) is 6.42 Å². The van der Waals surface area contributed by atoms with Gasteiger partial charge in [-0.2, -0.15) is 0 Å². The largest absolute Gasteiger partial charge is 0.496 e. The maximum Gasteiger partial charge on any atom is 0.126 e. The van der Waals surface area contributed by atoms with E-state index in [0.29, 0.717) is 5.92 Å². The summed E-state index contributed by atoms with van der Waals surface area (Å²) in [6, 6.07) is 6.03. The zero-order chi connectivity index (χ0) is 11.9. The molecule has 2 atom stereocenters. The second kappa shape index (κ2) is 3.91. The highest BCUT2D eigenvalue weighted by Crippen LogP contribution is 2.41. The molecular formula is C14H19NO2. The lowest BCUT2D eigenvalue weighted by atomic mass is 9.80. The van der Waals surface area contributed by atoms with E-state index >= 15 is 0 Å². The molecule has 1 saturated heterocycles. The van der Waals surface area contributed by atoms with Crippen LogP contribution in [0.25, 0.3) is 0 Å². The number of fused-ring (bicyclic) bond motifs is 1. The van der Waals surface area contributed by atoms with Gasteiger partial charge in [-0.15, -0.1) is 0 Å². The molecule has 2 unspecified atom stereocenters. The van der Waals surface area contributed by atoms with Crippen LogP contribution in [0.3, 0.4) is 0 Å². The molecule has 0 amide bonds. The Balaban J connectivity index is 1.99. The SMILES string of the molecule is COc1cccc2c1CC1(CO2)NCCC1C. The molecule has 0 aliphatic carbocycles. The first kappa shape index (κ1) is 10.9. The Morgan fingerprint density at radius 2 is 2.35 bits per heavy atom. The summed E-state index contributed by atoms with van der Waals surface area (Å²) in [5.41, 5.74) is 1.32. The van der Waals surface area contributed by atoms with Crippen LogP contribution in [0.4, 0.5) is 0 Å². The summed E-state index contributed by atoms with van der Waals surface area (Å²) < 4.78 is 11.4. The normalized spacial score (nSPS) is 31.1. The van der Waals surface area contributed by atoms with Crippen molar-refractivity contribution < 1.29 is 9.47 Å². The first-order chi connectivity index (χ1) is 8.25. The molecule has 0 aromatic heterocycles. The quantitative estimate of drug-likeness (QED) is 0.804. The lowest BCUT2D eigenvalue weighted by Gasteiger charge is -2.38. The summed E-state index contributed by atoms with van der Waals surface area (Å²) in [5.74, 6) is 2.58. The molecule has 1 aromatic rings. The highest BCUT2D eigenvalue weighted by Gasteiger charge is 2.44. The molecule has 2 aliphatic heterocycles. The highest BCUT2D eigenvalue weighted by molar-refractivity contribution is 5.47. The Kier molecular flexibility index (Phi) is 2.51. The Morgan fingerprint density at radius 1 is 1.47 bits per heavy atom. The number of hydrogen-bond acceptors (Lipinski definition) is 3. The van der Waals surface area contributed by atoms with Crippen LogP contribution in [0.2, 0.25) is 0 Å². The number of ether oxygens (including phenoxy) is 2. The van der Waals surface area contributed by atoms with E-state index in [1.165, 1.54) is 12.0 Å². The third-order valence-electron chi connectivity index (χ3n) is 4.29. The van der Waals surface area contributed by atoms with Gasteiger partial charge >= 0.3 is 0 Å². The van der Waals surface area contributed by atoms with Crippen LogP contribution in [0.1, 0.15) is 18.9 Å². The number of methoxy groups -OCH3 is 1. The molecule has 1 aromatic carbocycles. The first-order valence-corrected chi connectivity index (χ1v) is 6.29. The van der Waals surface area contributed by atoms with Crippen LogP contribution in [0.15, 0.2) is 18.2 Å². The summed E-state index contributed by atoms with van der Waals surface area (Å²) >= 11 is 0. The number of hydrogen-bond donors (Lipinski definition) is 1. The smallest absolute Gasteiger partial charge is 0.126 e. The lowest BCUT2D eigenvalue weighted by molar-refractivity contribution is 0.138. The van der Waals surface area contributed by atoms with Gasteiger partial charge in [0.1, 0.15) is 18.1 Å². The lowest BCUT2D eigenvalue weighted by Crippen LogP contribution is -2.53. The van der Waals surface area contributed by atoms with E-state index in [1.807, 2.05) is 18.2 Å². The second-order valence-electron chi connectivity index (χ2n) is 5.18. The zero-order valence-corrected chi connectivity index (χ0v) is 10.5. The zero-order valence-electron chi connectivity index (χ0n) is 10.5. The minimum absolute atomic E-state index is 0.113. The van der Waals surface area contributed by atoms with Gasteiger partial charge in [0.25, 0.3) is 0 Å². The second-order valence-corrected chi connectivity index (χ2v) is 5.18. The van der Waals surface area contributed by atoms with Crippen molar-refractivity contribution in [3.63, 3.8) is 0 Å². The predicted octanol–water partition coefficient (Wildman–Crippen LogP) is 2.00. The van der Waals surface area contributed by atoms with E-state index in [0.717, 1.165) is 31.1 Å². The molecule has 1 spiro atoms. The predicted molar refractivity (Wildman–Crippen MR) is 66.7 cm³/mol. The summed E-state index contributed by atoms with van der Waals surface area (Å²) in [6.45, 7) is 4.17. The number of rotatable bonds is 1. The molecular weight excluding hydrogens is 214 g/mol. The Labute approximate surface area is 102 Å². The van der Waals surface area contributed by atoms with Crippen LogP contribution in [0.5, 0.6) is 11.5 Å². The van der Waals surface area contributed by atoms with E-state index in [4.69, 9.17) is 9.47 Å². The van der Waals surface area contributed by atoms with Crippen LogP contribution in [0, 0.1) is 5.92 Å². The van der Waals surface area contributed by atoms with Crippen molar-refractivity contribution in [3.8, 4) is 11.5 Å². The molecule has 17 heavy (non-hydrogen) atoms. The van der Waals surface area contributed by atoms with Crippen molar-refractivity contribution >= 4 is 0 Å². The monoisotopic (exact) mass is 233 g/mol. The fourth-order valence-electron chi connectivity index (χ4n) is 3.04. The van der Waals surface area contributed by atoms with Crippen LogP contribution < -0.4 is 14.8 Å². The molecule has 2 aliphatic rings. The maximum absolute atomic E-state index is 5.93. The van der Waals surface area contributed by atoms with Crippen molar-refractivity contribution in [2.75, 3.05) is 20.3 Å². The molecule has 0 saturated carbocycles. The standard InChI is InChI=1S/C14H19NO2/c1-10-6-7-15-14(10)8-11-12(16-2)4-3-5-13(11)17-9-14/h3-5,10,15H,6-9H2,1-2H3. The van der Waals surface area contributed by atoms with Gasteiger partial charge < -0.3 is 14.8 Å². The molecule has 0 bridgehead atoms. The average molecular weight is 233 g/mol. The van der Waals surface area contributed by atoms with E-state index in [-0.39, 0.29) is 5.54 Å². The van der Waals surface area contributed by atoms with E-state index in [9.17, 15) is 0 Å². The summed E-state index contributed by atoms with van der Waals surface area (Å²) in [4.78, 5) is 0. The summed E-state index contributed by atoms with van der Waals surface area (Å²) in [7, 11) is 1.72. The minimum Gasteiger partial charge on any atom is -0.496 e. The Hall–Kier alpha value is -1.22. The van der Waals surface area contributed by atoms with Gasteiger partial charge in [0.05, 0.1) is 12.6 Å². The van der Waals surface area contributed by atoms with Gasteiger partial charge in [0.2, 0.25) is 0 Å². The summed E-state index contributed by atoms with van der Waals surface area (Å²) in [5, 5.41) is 3.63. The topological polar surface area (TPSA) is 30.5 Å². The van der Waals surface area contributed by atoms with Gasteiger partial charge in [-0.3, -0.25) is 0 Å². The first-order valence-electron chi connectivity index (χ1n) is 6.29. The molecule has 3 nitrogen and oxygen atoms in total. The Morgan fingerprint density at radius 3 is 3.06 bits per heavy atom. The van der Waals surface area contributed by atoms with Gasteiger partial charge in [-0.25, -0.2) is 0 Å². The van der Waals surface area contributed by atoms with E-state index in [2.05, 4.69) is 12.2 Å². The average Bonchev–Trinajstić information content (AvgIpc) is 2.70. The van der Waals surface area contributed by atoms with Crippen molar-refractivity contribution in [2.24, 2.45) is 5.92 Å². The Bertz CT molecular complexity index is 418. The highest BCUT2D eigenvalue weighted by atomic mass is 16.5. The van der Waals surface area contributed by atoms with Crippen molar-refractivity contribution in [3.05, 3.63) is 23.8 Å².